The summed E-state index contributed by atoms with van der Waals surface area (Å²) >= 11 is 5.75. The lowest BCUT2D eigenvalue weighted by atomic mass is 10.2. The number of fused-ring (bicyclic) bond motifs is 1. The molecule has 0 atom stereocenters. The Kier molecular flexibility index (Phi) is 3.03. The summed E-state index contributed by atoms with van der Waals surface area (Å²) in [4.78, 5) is 19.4. The van der Waals surface area contributed by atoms with E-state index in [0.717, 1.165) is 6.07 Å². The molecule has 3 aromatic heterocycles. The van der Waals surface area contributed by atoms with E-state index in [4.69, 9.17) is 11.6 Å². The molecule has 3 heterocycles. The van der Waals surface area contributed by atoms with Crippen molar-refractivity contribution in [1.29, 1.82) is 0 Å². The summed E-state index contributed by atoms with van der Waals surface area (Å²) in [5, 5.41) is 6.84. The van der Waals surface area contributed by atoms with Crippen LogP contribution in [0.15, 0.2) is 36.7 Å². The number of hydrogen-bond donors (Lipinski definition) is 1. The fourth-order valence-corrected chi connectivity index (χ4v) is 1.80. The first-order valence-corrected chi connectivity index (χ1v) is 5.94. The molecule has 1 amide bonds. The van der Waals surface area contributed by atoms with Crippen molar-refractivity contribution in [1.82, 2.24) is 19.6 Å². The Morgan fingerprint density at radius 2 is 2.20 bits per heavy atom. The molecule has 0 spiro atoms. The number of amides is 1. The van der Waals surface area contributed by atoms with Crippen molar-refractivity contribution in [2.75, 3.05) is 5.32 Å². The Labute approximate surface area is 117 Å². The van der Waals surface area contributed by atoms with E-state index in [1.165, 1.54) is 23.0 Å². The molecule has 20 heavy (non-hydrogen) atoms. The second kappa shape index (κ2) is 4.86. The lowest BCUT2D eigenvalue weighted by Crippen LogP contribution is -2.12. The summed E-state index contributed by atoms with van der Waals surface area (Å²) in [5.41, 5.74) is 0.686. The molecule has 0 aliphatic heterocycles. The van der Waals surface area contributed by atoms with Gasteiger partial charge in [0.15, 0.2) is 11.5 Å². The average Bonchev–Trinajstić information content (AvgIpc) is 2.80. The fraction of sp³-hybridized carbons (Fsp3) is 0. The number of nitrogens with zero attached hydrogens (tertiary/aromatic N) is 4. The molecule has 0 unspecified atom stereocenters. The molecule has 0 saturated heterocycles. The molecule has 0 aromatic carbocycles. The number of carbonyl (C=O) groups excluding carboxylic acids is 1. The third kappa shape index (κ3) is 2.43. The van der Waals surface area contributed by atoms with E-state index in [2.05, 4.69) is 20.4 Å². The number of imidazole rings is 1. The van der Waals surface area contributed by atoms with Gasteiger partial charge in [-0.3, -0.25) is 4.79 Å². The molecule has 0 saturated carbocycles. The number of aromatic nitrogens is 4. The Morgan fingerprint density at radius 3 is 3.00 bits per heavy atom. The Bertz CT molecular complexity index is 803. The van der Waals surface area contributed by atoms with Crippen LogP contribution in [-0.2, 0) is 0 Å². The molecule has 8 heteroatoms. The van der Waals surface area contributed by atoms with Crippen LogP contribution >= 0.6 is 11.6 Å². The summed E-state index contributed by atoms with van der Waals surface area (Å²) in [5.74, 6) is -0.913. The molecular weight excluding hydrogens is 285 g/mol. The molecule has 1 N–H and O–H groups in total. The minimum atomic E-state index is -0.721. The summed E-state index contributed by atoms with van der Waals surface area (Å²) in [6.45, 7) is 0. The summed E-state index contributed by atoms with van der Waals surface area (Å²) in [6.07, 6.45) is 2.73. The van der Waals surface area contributed by atoms with E-state index in [-0.39, 0.29) is 5.56 Å². The van der Waals surface area contributed by atoms with Crippen molar-refractivity contribution in [2.24, 2.45) is 0 Å². The highest BCUT2D eigenvalue weighted by molar-refractivity contribution is 6.29. The van der Waals surface area contributed by atoms with Gasteiger partial charge in [-0.05, 0) is 18.2 Å². The SMILES string of the molecule is O=C(Nc1cn2nc(Cl)ccc2n1)c1ccnc(F)c1. The van der Waals surface area contributed by atoms with Gasteiger partial charge in [0.1, 0.15) is 5.15 Å². The van der Waals surface area contributed by atoms with Crippen LogP contribution < -0.4 is 5.32 Å². The average molecular weight is 292 g/mol. The highest BCUT2D eigenvalue weighted by Gasteiger charge is 2.10. The molecule has 3 rings (SSSR count). The second-order valence-corrected chi connectivity index (χ2v) is 4.29. The van der Waals surface area contributed by atoms with Crippen LogP contribution in [-0.4, -0.2) is 25.5 Å². The van der Waals surface area contributed by atoms with Crippen LogP contribution in [0.4, 0.5) is 10.2 Å². The standard InChI is InChI=1S/C12H7ClFN5O/c13-8-1-2-11-16-10(6-19(11)18-8)17-12(20)7-3-4-15-9(14)5-7/h1-6H,(H,17,20). The lowest BCUT2D eigenvalue weighted by Gasteiger charge is -2.00. The van der Waals surface area contributed by atoms with Gasteiger partial charge < -0.3 is 5.32 Å². The molecule has 0 fully saturated rings. The van der Waals surface area contributed by atoms with Gasteiger partial charge in [0.2, 0.25) is 5.95 Å². The van der Waals surface area contributed by atoms with E-state index in [0.29, 0.717) is 16.6 Å². The maximum Gasteiger partial charge on any atom is 0.257 e. The summed E-state index contributed by atoms with van der Waals surface area (Å²) < 4.78 is 14.4. The summed E-state index contributed by atoms with van der Waals surface area (Å²) in [6, 6.07) is 5.70. The smallest absolute Gasteiger partial charge is 0.257 e. The molecule has 6 nitrogen and oxygen atoms in total. The van der Waals surface area contributed by atoms with Crippen LogP contribution in [0.2, 0.25) is 5.15 Å². The normalized spacial score (nSPS) is 10.7. The Balaban J connectivity index is 1.87. The van der Waals surface area contributed by atoms with E-state index in [9.17, 15) is 9.18 Å². The maximum absolute atomic E-state index is 12.9. The highest BCUT2D eigenvalue weighted by Crippen LogP contribution is 2.12. The van der Waals surface area contributed by atoms with Crippen molar-refractivity contribution in [3.63, 3.8) is 0 Å². The van der Waals surface area contributed by atoms with Crippen LogP contribution in [0.1, 0.15) is 10.4 Å². The van der Waals surface area contributed by atoms with Crippen molar-refractivity contribution >= 4 is 29.0 Å². The number of halogens is 2. The first-order valence-electron chi connectivity index (χ1n) is 5.57. The molecule has 3 aromatic rings. The van der Waals surface area contributed by atoms with Gasteiger partial charge in [-0.1, -0.05) is 11.6 Å². The van der Waals surface area contributed by atoms with Gasteiger partial charge in [0.05, 0.1) is 6.20 Å². The monoisotopic (exact) mass is 291 g/mol. The number of pyridine rings is 1. The lowest BCUT2D eigenvalue weighted by molar-refractivity contribution is 0.102. The quantitative estimate of drug-likeness (QED) is 0.735. The number of nitrogens with one attached hydrogen (secondary N) is 1. The van der Waals surface area contributed by atoms with E-state index in [1.807, 2.05) is 0 Å². The van der Waals surface area contributed by atoms with Gasteiger partial charge in [-0.25, -0.2) is 14.5 Å². The number of carbonyl (C=O) groups is 1. The van der Waals surface area contributed by atoms with E-state index < -0.39 is 11.9 Å². The van der Waals surface area contributed by atoms with Crippen LogP contribution in [0, 0.1) is 5.95 Å². The Morgan fingerprint density at radius 1 is 1.35 bits per heavy atom. The fourth-order valence-electron chi connectivity index (χ4n) is 1.65. The van der Waals surface area contributed by atoms with E-state index in [1.54, 1.807) is 12.1 Å². The van der Waals surface area contributed by atoms with Crippen molar-refractivity contribution in [3.05, 3.63) is 53.3 Å². The molecule has 0 aliphatic rings. The maximum atomic E-state index is 12.9. The highest BCUT2D eigenvalue weighted by atomic mass is 35.5. The molecule has 0 bridgehead atoms. The zero-order valence-electron chi connectivity index (χ0n) is 9.92. The molecule has 100 valence electrons. The zero-order valence-corrected chi connectivity index (χ0v) is 10.7. The first-order chi connectivity index (χ1) is 9.61. The van der Waals surface area contributed by atoms with E-state index >= 15 is 0 Å². The van der Waals surface area contributed by atoms with Crippen molar-refractivity contribution < 1.29 is 9.18 Å². The van der Waals surface area contributed by atoms with Crippen molar-refractivity contribution in [3.8, 4) is 0 Å². The number of hydrogen-bond acceptors (Lipinski definition) is 4. The molecular formula is C12H7ClFN5O. The van der Waals surface area contributed by atoms with Crippen molar-refractivity contribution in [2.45, 2.75) is 0 Å². The molecule has 0 radical (unpaired) electrons. The van der Waals surface area contributed by atoms with Crippen LogP contribution in [0.3, 0.4) is 0 Å². The third-order valence-electron chi connectivity index (χ3n) is 2.52. The van der Waals surface area contributed by atoms with Crippen LogP contribution in [0.5, 0.6) is 0 Å². The second-order valence-electron chi connectivity index (χ2n) is 3.91. The third-order valence-corrected chi connectivity index (χ3v) is 2.72. The van der Waals surface area contributed by atoms with Gasteiger partial charge in [0, 0.05) is 17.8 Å². The van der Waals surface area contributed by atoms with Gasteiger partial charge in [-0.15, -0.1) is 0 Å². The molecule has 0 aliphatic carbocycles. The number of anilines is 1. The summed E-state index contributed by atoms with van der Waals surface area (Å²) in [7, 11) is 0. The Hall–Kier alpha value is -2.54. The minimum Gasteiger partial charge on any atom is -0.305 e. The van der Waals surface area contributed by atoms with Crippen LogP contribution in [0.25, 0.3) is 5.65 Å². The topological polar surface area (TPSA) is 72.2 Å². The predicted molar refractivity (Wildman–Crippen MR) is 70.1 cm³/mol. The predicted octanol–water partition coefficient (Wildman–Crippen LogP) is 2.17. The van der Waals surface area contributed by atoms with Gasteiger partial charge in [0.25, 0.3) is 5.91 Å². The minimum absolute atomic E-state index is 0.153. The largest absolute Gasteiger partial charge is 0.305 e. The number of rotatable bonds is 2. The zero-order chi connectivity index (χ0) is 14.1. The van der Waals surface area contributed by atoms with Gasteiger partial charge >= 0.3 is 0 Å². The first kappa shape index (κ1) is 12.5. The van der Waals surface area contributed by atoms with Gasteiger partial charge in [-0.2, -0.15) is 9.49 Å².